The van der Waals surface area contributed by atoms with Crippen molar-refractivity contribution in [3.8, 4) is 11.5 Å². The van der Waals surface area contributed by atoms with Crippen LogP contribution >= 0.6 is 0 Å². The molecule has 0 aliphatic heterocycles. The van der Waals surface area contributed by atoms with E-state index >= 15 is 0 Å². The van der Waals surface area contributed by atoms with E-state index in [0.717, 1.165) is 50.5 Å². The molecule has 3 rings (SSSR count). The smallest absolute Gasteiger partial charge is 0.200 e. The molecule has 2 aromatic rings. The predicted octanol–water partition coefficient (Wildman–Crippen LogP) is 7.59. The highest BCUT2D eigenvalue weighted by molar-refractivity contribution is 5.32. The van der Waals surface area contributed by atoms with Gasteiger partial charge in [-0.25, -0.2) is 8.78 Å². The predicted molar refractivity (Wildman–Crippen MR) is 117 cm³/mol. The van der Waals surface area contributed by atoms with Gasteiger partial charge in [0, 0.05) is 0 Å². The molecule has 1 saturated carbocycles. The van der Waals surface area contributed by atoms with E-state index in [1.807, 2.05) is 13.0 Å². The van der Waals surface area contributed by atoms with Gasteiger partial charge in [-0.05, 0) is 86.6 Å². The van der Waals surface area contributed by atoms with Gasteiger partial charge in [0.25, 0.3) is 0 Å². The molecule has 1 aliphatic carbocycles. The second-order valence-corrected chi connectivity index (χ2v) is 8.46. The van der Waals surface area contributed by atoms with Gasteiger partial charge in [-0.15, -0.1) is 0 Å². The number of aryl methyl sites for hydroxylation is 1. The molecule has 5 heteroatoms. The van der Waals surface area contributed by atoms with Crippen molar-refractivity contribution >= 4 is 0 Å². The van der Waals surface area contributed by atoms with Crippen molar-refractivity contribution in [2.75, 3.05) is 13.2 Å². The largest absolute Gasteiger partial charge is 0.491 e. The second-order valence-electron chi connectivity index (χ2n) is 8.46. The molecular formula is C26H33F3O2. The zero-order valence-electron chi connectivity index (χ0n) is 18.6. The molecule has 0 spiro atoms. The third kappa shape index (κ3) is 6.18. The Hall–Kier alpha value is -2.17. The number of ether oxygens (including phenoxy) is 2. The van der Waals surface area contributed by atoms with Crippen LogP contribution in [0.3, 0.4) is 0 Å². The summed E-state index contributed by atoms with van der Waals surface area (Å²) < 4.78 is 53.8. The van der Waals surface area contributed by atoms with Crippen molar-refractivity contribution in [3.63, 3.8) is 0 Å². The number of halogens is 3. The van der Waals surface area contributed by atoms with E-state index in [4.69, 9.17) is 9.47 Å². The zero-order chi connectivity index (χ0) is 22.2. The highest BCUT2D eigenvalue weighted by atomic mass is 19.2. The fourth-order valence-corrected chi connectivity index (χ4v) is 4.36. The van der Waals surface area contributed by atoms with Crippen LogP contribution in [-0.4, -0.2) is 13.2 Å². The van der Waals surface area contributed by atoms with Crippen LogP contribution in [0.4, 0.5) is 13.2 Å². The molecular weight excluding hydrogens is 401 g/mol. The summed E-state index contributed by atoms with van der Waals surface area (Å²) in [4.78, 5) is 0. The minimum Gasteiger partial charge on any atom is -0.491 e. The molecule has 0 amide bonds. The Morgan fingerprint density at radius 3 is 2.26 bits per heavy atom. The van der Waals surface area contributed by atoms with Gasteiger partial charge in [0.15, 0.2) is 23.1 Å². The van der Waals surface area contributed by atoms with Crippen molar-refractivity contribution in [2.24, 2.45) is 5.92 Å². The molecule has 0 aromatic heterocycles. The van der Waals surface area contributed by atoms with Crippen molar-refractivity contribution in [2.45, 2.75) is 71.1 Å². The van der Waals surface area contributed by atoms with Gasteiger partial charge >= 0.3 is 0 Å². The van der Waals surface area contributed by atoms with Gasteiger partial charge in [-0.3, -0.25) is 0 Å². The lowest BCUT2D eigenvalue weighted by Crippen LogP contribution is -2.20. The summed E-state index contributed by atoms with van der Waals surface area (Å²) in [7, 11) is 0. The van der Waals surface area contributed by atoms with E-state index < -0.39 is 11.6 Å². The summed E-state index contributed by atoms with van der Waals surface area (Å²) in [6.07, 6.45) is 7.13. The van der Waals surface area contributed by atoms with Gasteiger partial charge < -0.3 is 9.47 Å². The van der Waals surface area contributed by atoms with Crippen LogP contribution < -0.4 is 9.47 Å². The van der Waals surface area contributed by atoms with E-state index in [-0.39, 0.29) is 17.5 Å². The summed E-state index contributed by atoms with van der Waals surface area (Å²) in [6.45, 7) is 4.72. The quantitative estimate of drug-likeness (QED) is 0.359. The van der Waals surface area contributed by atoms with E-state index in [1.165, 1.54) is 0 Å². The molecule has 0 saturated heterocycles. The average molecular weight is 435 g/mol. The lowest BCUT2D eigenvalue weighted by molar-refractivity contribution is 0.192. The minimum atomic E-state index is -0.882. The highest BCUT2D eigenvalue weighted by Gasteiger charge is 2.24. The Kier molecular flexibility index (Phi) is 8.68. The molecule has 0 bridgehead atoms. The van der Waals surface area contributed by atoms with Crippen LogP contribution in [0.1, 0.15) is 75.8 Å². The van der Waals surface area contributed by atoms with Crippen LogP contribution in [0.2, 0.25) is 0 Å². The molecule has 0 radical (unpaired) electrons. The van der Waals surface area contributed by atoms with Crippen molar-refractivity contribution < 1.29 is 22.6 Å². The highest BCUT2D eigenvalue weighted by Crippen LogP contribution is 2.37. The second kappa shape index (κ2) is 11.4. The van der Waals surface area contributed by atoms with E-state index in [2.05, 4.69) is 6.92 Å². The lowest BCUT2D eigenvalue weighted by Gasteiger charge is -2.29. The maximum Gasteiger partial charge on any atom is 0.200 e. The molecule has 0 heterocycles. The first-order valence-corrected chi connectivity index (χ1v) is 11.5. The van der Waals surface area contributed by atoms with Gasteiger partial charge in [0.1, 0.15) is 0 Å². The van der Waals surface area contributed by atoms with E-state index in [9.17, 15) is 13.2 Å². The third-order valence-corrected chi connectivity index (χ3v) is 6.22. The topological polar surface area (TPSA) is 18.5 Å². The number of hydrogen-bond donors (Lipinski definition) is 0. The lowest BCUT2D eigenvalue weighted by atomic mass is 9.79. The number of unbranched alkanes of at least 4 members (excludes halogenated alkanes) is 2. The minimum absolute atomic E-state index is 0.00699. The number of benzene rings is 2. The van der Waals surface area contributed by atoms with Crippen LogP contribution in [0, 0.1) is 23.4 Å². The Morgan fingerprint density at radius 2 is 1.58 bits per heavy atom. The first-order valence-electron chi connectivity index (χ1n) is 11.5. The van der Waals surface area contributed by atoms with Crippen molar-refractivity contribution in [3.05, 3.63) is 58.9 Å². The standard InChI is InChI=1S/C26H33F3O2/c1-3-5-6-7-20-12-15-24(26(29)25(20)28)31-17-18-8-10-19(11-9-18)21-13-14-23(30-4-2)22(27)16-21/h12-16,18-19H,3-11,17H2,1-2H3. The van der Waals surface area contributed by atoms with E-state index in [0.29, 0.717) is 36.9 Å². The summed E-state index contributed by atoms with van der Waals surface area (Å²) in [5.41, 5.74) is 1.41. The fourth-order valence-electron chi connectivity index (χ4n) is 4.36. The SMILES string of the molecule is CCCCCc1ccc(OCC2CCC(c3ccc(OCC)c(F)c3)CC2)c(F)c1F. The fraction of sp³-hybridized carbons (Fsp3) is 0.538. The van der Waals surface area contributed by atoms with Gasteiger partial charge in [-0.2, -0.15) is 4.39 Å². The van der Waals surface area contributed by atoms with Crippen LogP contribution in [0.15, 0.2) is 30.3 Å². The summed E-state index contributed by atoms with van der Waals surface area (Å²) in [5, 5.41) is 0. The molecule has 0 atom stereocenters. The number of hydrogen-bond acceptors (Lipinski definition) is 2. The first-order chi connectivity index (χ1) is 15.0. The molecule has 2 nitrogen and oxygen atoms in total. The first kappa shape index (κ1) is 23.5. The Labute approximate surface area is 183 Å². The van der Waals surface area contributed by atoms with Crippen LogP contribution in [-0.2, 0) is 6.42 Å². The van der Waals surface area contributed by atoms with Gasteiger partial charge in [0.05, 0.1) is 13.2 Å². The maximum absolute atomic E-state index is 14.4. The maximum atomic E-state index is 14.4. The molecule has 0 unspecified atom stereocenters. The average Bonchev–Trinajstić information content (AvgIpc) is 2.78. The third-order valence-electron chi connectivity index (χ3n) is 6.22. The van der Waals surface area contributed by atoms with Gasteiger partial charge in [0.2, 0.25) is 5.82 Å². The van der Waals surface area contributed by atoms with Crippen molar-refractivity contribution in [1.82, 2.24) is 0 Å². The monoisotopic (exact) mass is 434 g/mol. The molecule has 1 fully saturated rings. The number of rotatable bonds is 10. The molecule has 31 heavy (non-hydrogen) atoms. The van der Waals surface area contributed by atoms with Crippen molar-refractivity contribution in [1.29, 1.82) is 0 Å². The molecule has 0 N–H and O–H groups in total. The Bertz CT molecular complexity index is 845. The molecule has 1 aliphatic rings. The molecule has 2 aromatic carbocycles. The van der Waals surface area contributed by atoms with Gasteiger partial charge in [-0.1, -0.05) is 31.9 Å². The summed E-state index contributed by atoms with van der Waals surface area (Å²) >= 11 is 0. The molecule has 170 valence electrons. The van der Waals surface area contributed by atoms with E-state index in [1.54, 1.807) is 24.3 Å². The zero-order valence-corrected chi connectivity index (χ0v) is 18.6. The Balaban J connectivity index is 1.50. The van der Waals surface area contributed by atoms with Crippen LogP contribution in [0.25, 0.3) is 0 Å². The van der Waals surface area contributed by atoms with Crippen LogP contribution in [0.5, 0.6) is 11.5 Å². The summed E-state index contributed by atoms with van der Waals surface area (Å²) in [6, 6.07) is 8.41. The Morgan fingerprint density at radius 1 is 0.839 bits per heavy atom. The summed E-state index contributed by atoms with van der Waals surface area (Å²) in [5.74, 6) is -1.11. The normalized spacial score (nSPS) is 18.7.